The molecule has 0 saturated carbocycles. The van der Waals surface area contributed by atoms with Gasteiger partial charge in [-0.1, -0.05) is 52.3 Å². The number of hydrogen-bond donors (Lipinski definition) is 1. The highest BCUT2D eigenvalue weighted by atomic mass is 79.9. The number of allylic oxidation sites excluding steroid dienone is 1. The minimum atomic E-state index is -0.910. The quantitative estimate of drug-likeness (QED) is 0.221. The van der Waals surface area contributed by atoms with Gasteiger partial charge in [-0.05, 0) is 43.2 Å². The number of nitrogens with one attached hydrogen (secondary N) is 1. The van der Waals surface area contributed by atoms with E-state index in [1.54, 1.807) is 32.0 Å². The van der Waals surface area contributed by atoms with Crippen LogP contribution in [0.25, 0.3) is 0 Å². The first kappa shape index (κ1) is 29.2. The van der Waals surface area contributed by atoms with Gasteiger partial charge in [0.1, 0.15) is 29.5 Å². The van der Waals surface area contributed by atoms with Crippen molar-refractivity contribution in [3.8, 4) is 5.75 Å². The molecule has 11 heteroatoms. The highest BCUT2D eigenvalue weighted by molar-refractivity contribution is 9.10. The molecule has 38 heavy (non-hydrogen) atoms. The number of β-lactam (4-membered cyclic amide) rings is 1. The summed E-state index contributed by atoms with van der Waals surface area (Å²) in [6, 6.07) is 15.3. The molecule has 1 N–H and O–H groups in total. The van der Waals surface area contributed by atoms with Crippen LogP contribution in [0.2, 0.25) is 0 Å². The summed E-state index contributed by atoms with van der Waals surface area (Å²) in [5.41, 5.74) is 1.50. The number of carbonyl (C=O) groups excluding carboxylic acids is 4. The van der Waals surface area contributed by atoms with Crippen LogP contribution in [0.3, 0.4) is 0 Å². The number of carbonyl (C=O) groups is 4. The minimum Gasteiger partial charge on any atom is -0.484 e. The lowest BCUT2D eigenvalue weighted by Gasteiger charge is -2.47. The normalized spacial score (nSPS) is 16.2. The fourth-order valence-electron chi connectivity index (χ4n) is 3.63. The second-order valence-electron chi connectivity index (χ2n) is 8.50. The number of ether oxygens (including phenoxy) is 3. The second kappa shape index (κ2) is 14.0. The summed E-state index contributed by atoms with van der Waals surface area (Å²) in [7, 11) is 1.30. The van der Waals surface area contributed by atoms with Crippen LogP contribution in [0.5, 0.6) is 5.75 Å². The van der Waals surface area contributed by atoms with Crippen molar-refractivity contribution >= 4 is 51.4 Å². The fraction of sp³-hybridized carbons (Fsp3) is 0.333. The first-order chi connectivity index (χ1) is 18.2. The summed E-state index contributed by atoms with van der Waals surface area (Å²) in [4.78, 5) is 51.9. The number of benzene rings is 2. The maximum Gasteiger partial charge on any atom is 0.355 e. The molecular weight excluding hydrogens is 576 g/mol. The molecule has 2 aromatic carbocycles. The summed E-state index contributed by atoms with van der Waals surface area (Å²) >= 11 is 4.61. The molecule has 1 saturated heterocycles. The van der Waals surface area contributed by atoms with Gasteiger partial charge in [-0.25, -0.2) is 4.79 Å². The predicted molar refractivity (Wildman–Crippen MR) is 146 cm³/mol. The Kier molecular flexibility index (Phi) is 10.8. The third-order valence-corrected chi connectivity index (χ3v) is 7.23. The fourth-order valence-corrected chi connectivity index (χ4v) is 5.27. The smallest absolute Gasteiger partial charge is 0.355 e. The number of rotatable bonds is 12. The van der Waals surface area contributed by atoms with Crippen LogP contribution in [0.4, 0.5) is 0 Å². The SMILES string of the molecule is COC(=O)CCSC1C(NC(=O)COc2cccc(Br)c2)C(=O)N1C(C(=O)OCc1ccccc1)=C(C)C. The number of thioether (sulfide) groups is 1. The summed E-state index contributed by atoms with van der Waals surface area (Å²) in [6.07, 6.45) is 0.106. The van der Waals surface area contributed by atoms with Gasteiger partial charge in [-0.2, -0.15) is 0 Å². The molecule has 202 valence electrons. The van der Waals surface area contributed by atoms with Gasteiger partial charge in [-0.15, -0.1) is 11.8 Å². The molecule has 0 spiro atoms. The lowest BCUT2D eigenvalue weighted by atomic mass is 10.0. The molecule has 0 aliphatic carbocycles. The molecule has 1 aliphatic rings. The molecule has 1 aliphatic heterocycles. The summed E-state index contributed by atoms with van der Waals surface area (Å²) in [5.74, 6) is -1.19. The first-order valence-electron chi connectivity index (χ1n) is 11.8. The van der Waals surface area contributed by atoms with Crippen molar-refractivity contribution in [3.05, 3.63) is 75.9 Å². The van der Waals surface area contributed by atoms with E-state index in [0.29, 0.717) is 17.1 Å². The van der Waals surface area contributed by atoms with Crippen molar-refractivity contribution in [2.24, 2.45) is 0 Å². The molecule has 1 fully saturated rings. The highest BCUT2D eigenvalue weighted by Crippen LogP contribution is 2.36. The molecule has 3 rings (SSSR count). The molecular formula is C27H29BrN2O7S. The summed E-state index contributed by atoms with van der Waals surface area (Å²) in [5, 5.41) is 2.07. The maximum atomic E-state index is 13.2. The number of likely N-dealkylation sites (tertiary alicyclic amines) is 1. The van der Waals surface area contributed by atoms with Crippen molar-refractivity contribution in [2.75, 3.05) is 19.5 Å². The van der Waals surface area contributed by atoms with E-state index in [9.17, 15) is 19.2 Å². The van der Waals surface area contributed by atoms with Gasteiger partial charge >= 0.3 is 11.9 Å². The molecule has 2 unspecified atom stereocenters. The van der Waals surface area contributed by atoms with E-state index in [1.807, 2.05) is 36.4 Å². The van der Waals surface area contributed by atoms with Gasteiger partial charge in [-0.3, -0.25) is 19.3 Å². The Morgan fingerprint density at radius 1 is 1.08 bits per heavy atom. The Balaban J connectivity index is 1.70. The van der Waals surface area contributed by atoms with Gasteiger partial charge in [0.05, 0.1) is 13.5 Å². The van der Waals surface area contributed by atoms with Crippen molar-refractivity contribution in [1.82, 2.24) is 10.2 Å². The molecule has 2 aromatic rings. The summed E-state index contributed by atoms with van der Waals surface area (Å²) in [6.45, 7) is 3.17. The molecule has 1 heterocycles. The lowest BCUT2D eigenvalue weighted by molar-refractivity contribution is -0.153. The largest absolute Gasteiger partial charge is 0.484 e. The summed E-state index contributed by atoms with van der Waals surface area (Å²) < 4.78 is 16.5. The molecule has 9 nitrogen and oxygen atoms in total. The standard InChI is InChI=1S/C27H29BrN2O7S/c1-17(2)24(27(34)37-15-18-8-5-4-6-9-18)30-25(33)23(26(30)38-13-12-22(32)35-3)29-21(31)16-36-20-11-7-10-19(28)14-20/h4-11,14,23,26H,12-13,15-16H2,1-3H3,(H,29,31). The van der Waals surface area contributed by atoms with Gasteiger partial charge in [0, 0.05) is 10.2 Å². The number of methoxy groups -OCH3 is 1. The first-order valence-corrected chi connectivity index (χ1v) is 13.6. The van der Waals surface area contributed by atoms with Crippen LogP contribution < -0.4 is 10.1 Å². The Morgan fingerprint density at radius 3 is 2.47 bits per heavy atom. The predicted octanol–water partition coefficient (Wildman–Crippen LogP) is 3.81. The van der Waals surface area contributed by atoms with E-state index in [0.717, 1.165) is 10.0 Å². The Hall–Kier alpha value is -3.31. The Morgan fingerprint density at radius 2 is 1.82 bits per heavy atom. The number of nitrogens with zero attached hydrogens (tertiary/aromatic N) is 1. The second-order valence-corrected chi connectivity index (χ2v) is 10.6. The van der Waals surface area contributed by atoms with Gasteiger partial charge in [0.25, 0.3) is 11.8 Å². The number of hydrogen-bond acceptors (Lipinski definition) is 8. The highest BCUT2D eigenvalue weighted by Gasteiger charge is 2.52. The molecule has 2 atom stereocenters. The minimum absolute atomic E-state index is 0.0474. The van der Waals surface area contributed by atoms with E-state index >= 15 is 0 Å². The lowest BCUT2D eigenvalue weighted by Crippen LogP contribution is -2.70. The zero-order valence-corrected chi connectivity index (χ0v) is 23.7. The zero-order valence-electron chi connectivity index (χ0n) is 21.3. The van der Waals surface area contributed by atoms with E-state index in [2.05, 4.69) is 21.2 Å². The van der Waals surface area contributed by atoms with Crippen LogP contribution in [0.15, 0.2) is 70.3 Å². The van der Waals surface area contributed by atoms with Crippen LogP contribution in [0.1, 0.15) is 25.8 Å². The van der Waals surface area contributed by atoms with Crippen LogP contribution in [-0.4, -0.2) is 59.5 Å². The average molecular weight is 606 g/mol. The van der Waals surface area contributed by atoms with E-state index in [-0.39, 0.29) is 25.3 Å². The van der Waals surface area contributed by atoms with Crippen LogP contribution in [-0.2, 0) is 35.3 Å². The average Bonchev–Trinajstić information content (AvgIpc) is 2.91. The number of amides is 2. The van der Waals surface area contributed by atoms with Gasteiger partial charge in [0.15, 0.2) is 6.61 Å². The maximum absolute atomic E-state index is 13.2. The third kappa shape index (κ3) is 7.84. The van der Waals surface area contributed by atoms with Crippen molar-refractivity contribution in [2.45, 2.75) is 38.3 Å². The van der Waals surface area contributed by atoms with Crippen molar-refractivity contribution < 1.29 is 33.4 Å². The van der Waals surface area contributed by atoms with Crippen LogP contribution in [0, 0.1) is 0 Å². The molecule has 0 radical (unpaired) electrons. The third-order valence-electron chi connectivity index (χ3n) is 5.47. The van der Waals surface area contributed by atoms with E-state index in [4.69, 9.17) is 14.2 Å². The number of halogens is 1. The van der Waals surface area contributed by atoms with Gasteiger partial charge < -0.3 is 19.5 Å². The Bertz CT molecular complexity index is 1200. The van der Waals surface area contributed by atoms with Crippen molar-refractivity contribution in [1.29, 1.82) is 0 Å². The van der Waals surface area contributed by atoms with Crippen molar-refractivity contribution in [3.63, 3.8) is 0 Å². The van der Waals surface area contributed by atoms with E-state index < -0.39 is 35.2 Å². The monoisotopic (exact) mass is 604 g/mol. The van der Waals surface area contributed by atoms with Gasteiger partial charge in [0.2, 0.25) is 0 Å². The van der Waals surface area contributed by atoms with E-state index in [1.165, 1.54) is 23.8 Å². The Labute approximate surface area is 234 Å². The zero-order chi connectivity index (χ0) is 27.7. The molecule has 2 amide bonds. The van der Waals surface area contributed by atoms with Crippen LogP contribution >= 0.6 is 27.7 Å². The molecule has 0 aromatic heterocycles. The number of esters is 2. The molecule has 0 bridgehead atoms. The topological polar surface area (TPSA) is 111 Å².